The number of nitrogens with zero attached hydrogens (tertiary/aromatic N) is 3. The van der Waals surface area contributed by atoms with Gasteiger partial charge in [0.15, 0.2) is 5.82 Å². The number of nitrogens with one attached hydrogen (secondary N) is 1. The average molecular weight is 322 g/mol. The molecule has 0 amide bonds. The molecule has 0 spiro atoms. The maximum absolute atomic E-state index is 9.88. The van der Waals surface area contributed by atoms with Crippen LogP contribution in [0.1, 0.15) is 0 Å². The minimum Gasteiger partial charge on any atom is -0.394 e. The fourth-order valence-electron chi connectivity index (χ4n) is 1.95. The summed E-state index contributed by atoms with van der Waals surface area (Å²) in [6.07, 6.45) is -3.32. The van der Waals surface area contributed by atoms with Crippen LogP contribution >= 0.6 is 0 Å². The molecular formula is C14H18N4O5. The predicted octanol–water partition coefficient (Wildman–Crippen LogP) is -1.54. The van der Waals surface area contributed by atoms with Crippen LogP contribution in [0.4, 0.5) is 5.82 Å². The molecule has 0 aliphatic rings. The Hall–Kier alpha value is -2.17. The molecule has 9 heteroatoms. The van der Waals surface area contributed by atoms with Crippen molar-refractivity contribution >= 4 is 22.3 Å². The molecule has 0 fully saturated rings. The van der Waals surface area contributed by atoms with Gasteiger partial charge >= 0.3 is 0 Å². The smallest absolute Gasteiger partial charge is 0.176 e. The van der Waals surface area contributed by atoms with Crippen molar-refractivity contribution < 1.29 is 25.5 Å². The maximum Gasteiger partial charge on any atom is 0.176 e. The van der Waals surface area contributed by atoms with Gasteiger partial charge in [-0.25, -0.2) is 0 Å². The number of fused-ring (bicyclic) bond motifs is 1. The molecule has 0 aliphatic carbocycles. The summed E-state index contributed by atoms with van der Waals surface area (Å²) >= 11 is 0. The Balaban J connectivity index is 2.21. The quantitative estimate of drug-likeness (QED) is 0.265. The zero-order valence-electron chi connectivity index (χ0n) is 12.1. The van der Waals surface area contributed by atoms with Gasteiger partial charge in [-0.1, -0.05) is 24.3 Å². The van der Waals surface area contributed by atoms with Crippen molar-refractivity contribution in [1.29, 1.82) is 0 Å². The van der Waals surface area contributed by atoms with Gasteiger partial charge in [0.2, 0.25) is 0 Å². The lowest BCUT2D eigenvalue weighted by molar-refractivity contribution is -0.0564. The normalized spacial score (nSPS) is 16.1. The largest absolute Gasteiger partial charge is 0.394 e. The van der Waals surface area contributed by atoms with E-state index in [1.165, 1.54) is 0 Å². The molecule has 0 unspecified atom stereocenters. The number of hydrogen-bond acceptors (Lipinski definition) is 9. The van der Waals surface area contributed by atoms with E-state index in [9.17, 15) is 20.4 Å². The highest BCUT2D eigenvalue weighted by atomic mass is 16.4. The summed E-state index contributed by atoms with van der Waals surface area (Å²) < 4.78 is 0. The van der Waals surface area contributed by atoms with E-state index in [0.29, 0.717) is 5.82 Å². The molecule has 124 valence electrons. The first kappa shape index (κ1) is 17.2. The predicted molar refractivity (Wildman–Crippen MR) is 82.8 cm³/mol. The van der Waals surface area contributed by atoms with Crippen molar-refractivity contribution in [1.82, 2.24) is 10.2 Å². The minimum absolute atomic E-state index is 0.222. The summed E-state index contributed by atoms with van der Waals surface area (Å²) in [6.45, 7) is -1.40. The van der Waals surface area contributed by atoms with Crippen molar-refractivity contribution in [2.24, 2.45) is 5.10 Å². The van der Waals surface area contributed by atoms with Gasteiger partial charge in [0.1, 0.15) is 18.3 Å². The van der Waals surface area contributed by atoms with Crippen molar-refractivity contribution in [3.05, 3.63) is 30.5 Å². The maximum atomic E-state index is 9.88. The van der Waals surface area contributed by atoms with Crippen molar-refractivity contribution in [3.63, 3.8) is 0 Å². The number of hydrogen-bond donors (Lipinski definition) is 6. The number of aliphatic hydroxyl groups excluding tert-OH is 5. The molecule has 23 heavy (non-hydrogen) atoms. The molecule has 0 aliphatic heterocycles. The van der Waals surface area contributed by atoms with Crippen LogP contribution in [0.15, 0.2) is 35.6 Å². The monoisotopic (exact) mass is 322 g/mol. The zero-order chi connectivity index (χ0) is 16.8. The van der Waals surface area contributed by atoms with Crippen LogP contribution in [0.3, 0.4) is 0 Å². The van der Waals surface area contributed by atoms with E-state index in [4.69, 9.17) is 5.11 Å². The molecule has 1 heterocycles. The number of aliphatic hydroxyl groups is 5. The molecule has 9 nitrogen and oxygen atoms in total. The number of rotatable bonds is 7. The van der Waals surface area contributed by atoms with Crippen LogP contribution in [0.25, 0.3) is 10.8 Å². The van der Waals surface area contributed by atoms with Gasteiger partial charge < -0.3 is 25.5 Å². The number of aromatic nitrogens is 2. The highest BCUT2D eigenvalue weighted by Crippen LogP contribution is 2.19. The van der Waals surface area contributed by atoms with Crippen molar-refractivity contribution in [2.45, 2.75) is 18.3 Å². The van der Waals surface area contributed by atoms with Crippen LogP contribution in [-0.4, -0.2) is 73.0 Å². The topological polar surface area (TPSA) is 151 Å². The second kappa shape index (κ2) is 7.90. The number of benzene rings is 1. The van der Waals surface area contributed by atoms with Crippen LogP contribution in [0.2, 0.25) is 0 Å². The Kier molecular flexibility index (Phi) is 5.90. The fourth-order valence-corrected chi connectivity index (χ4v) is 1.95. The van der Waals surface area contributed by atoms with Gasteiger partial charge in [0, 0.05) is 10.8 Å². The highest BCUT2D eigenvalue weighted by Gasteiger charge is 2.28. The lowest BCUT2D eigenvalue weighted by Crippen LogP contribution is -2.45. The summed E-state index contributed by atoms with van der Waals surface area (Å²) in [7, 11) is 0. The Morgan fingerprint density at radius 3 is 2.61 bits per heavy atom. The fraction of sp³-hybridized carbons (Fsp3) is 0.357. The number of anilines is 1. The molecule has 0 saturated heterocycles. The third-order valence-electron chi connectivity index (χ3n) is 3.28. The summed E-state index contributed by atoms with van der Waals surface area (Å²) in [5.41, 5.74) is 2.35. The first-order valence-electron chi connectivity index (χ1n) is 6.87. The first-order valence-corrected chi connectivity index (χ1v) is 6.87. The minimum atomic E-state index is -1.69. The van der Waals surface area contributed by atoms with E-state index >= 15 is 0 Å². The SMILES string of the molecule is OC/C(=N/Nc1nncc2ccccc12)[C@H](O)[C@@H](O)[C@H](O)CO. The third kappa shape index (κ3) is 3.97. The number of hydrazone groups is 1. The average Bonchev–Trinajstić information content (AvgIpc) is 2.60. The second-order valence-corrected chi connectivity index (χ2v) is 4.84. The third-order valence-corrected chi connectivity index (χ3v) is 3.28. The lowest BCUT2D eigenvalue weighted by atomic mass is 10.0. The summed E-state index contributed by atoms with van der Waals surface area (Å²) in [5.74, 6) is 0.304. The van der Waals surface area contributed by atoms with Gasteiger partial charge in [-0.15, -0.1) is 5.10 Å². The molecule has 0 saturated carbocycles. The van der Waals surface area contributed by atoms with E-state index in [2.05, 4.69) is 20.7 Å². The second-order valence-electron chi connectivity index (χ2n) is 4.84. The Bertz CT molecular complexity index is 676. The van der Waals surface area contributed by atoms with Crippen molar-refractivity contribution in [3.8, 4) is 0 Å². The molecule has 6 N–H and O–H groups in total. The van der Waals surface area contributed by atoms with E-state index in [1.54, 1.807) is 12.3 Å². The molecule has 2 aromatic rings. The molecule has 1 aromatic heterocycles. The van der Waals surface area contributed by atoms with Crippen LogP contribution in [0, 0.1) is 0 Å². The van der Waals surface area contributed by atoms with Gasteiger partial charge in [-0.3, -0.25) is 5.43 Å². The van der Waals surface area contributed by atoms with E-state index < -0.39 is 31.5 Å². The van der Waals surface area contributed by atoms with Gasteiger partial charge in [-0.05, 0) is 0 Å². The van der Waals surface area contributed by atoms with E-state index in [-0.39, 0.29) is 5.71 Å². The molecule has 0 radical (unpaired) electrons. The molecular weight excluding hydrogens is 304 g/mol. The molecule has 2 rings (SSSR count). The van der Waals surface area contributed by atoms with E-state index in [1.807, 2.05) is 18.2 Å². The summed E-state index contributed by atoms with van der Waals surface area (Å²) in [6, 6.07) is 7.28. The Labute approximate surface area is 131 Å². The van der Waals surface area contributed by atoms with Gasteiger partial charge in [-0.2, -0.15) is 10.2 Å². The van der Waals surface area contributed by atoms with Gasteiger partial charge in [0.05, 0.1) is 25.1 Å². The zero-order valence-corrected chi connectivity index (χ0v) is 12.1. The van der Waals surface area contributed by atoms with Gasteiger partial charge in [0.25, 0.3) is 0 Å². The van der Waals surface area contributed by atoms with Crippen molar-refractivity contribution in [2.75, 3.05) is 18.6 Å². The molecule has 3 atom stereocenters. The lowest BCUT2D eigenvalue weighted by Gasteiger charge is -2.22. The summed E-state index contributed by atoms with van der Waals surface area (Å²) in [4.78, 5) is 0. The van der Waals surface area contributed by atoms with Crippen LogP contribution < -0.4 is 5.43 Å². The Morgan fingerprint density at radius 2 is 1.91 bits per heavy atom. The van der Waals surface area contributed by atoms with Crippen LogP contribution in [-0.2, 0) is 0 Å². The molecule has 0 bridgehead atoms. The Morgan fingerprint density at radius 1 is 1.17 bits per heavy atom. The first-order chi connectivity index (χ1) is 11.1. The summed E-state index contributed by atoms with van der Waals surface area (Å²) in [5, 5.41) is 60.0. The van der Waals surface area contributed by atoms with E-state index in [0.717, 1.165) is 10.8 Å². The highest BCUT2D eigenvalue weighted by molar-refractivity contribution is 5.93. The molecule has 1 aromatic carbocycles. The standard InChI is InChI=1S/C14H18N4O5/c19-6-10(12(22)13(23)11(21)7-20)16-18-14-9-4-2-1-3-8(9)5-15-17-14/h1-5,11-13,19-23H,6-7H2,(H,17,18)/b16-10-/t11-,12+,13+/m1/s1. The van der Waals surface area contributed by atoms with Crippen LogP contribution in [0.5, 0.6) is 0 Å².